The van der Waals surface area contributed by atoms with E-state index in [2.05, 4.69) is 188 Å². The summed E-state index contributed by atoms with van der Waals surface area (Å²) in [5, 5.41) is 7.22. The highest BCUT2D eigenvalue weighted by molar-refractivity contribution is 6.13. The molecule has 9 aromatic rings. The van der Waals surface area contributed by atoms with Gasteiger partial charge < -0.3 is 9.32 Å². The second-order valence-corrected chi connectivity index (χ2v) is 14.1. The lowest BCUT2D eigenvalue weighted by Gasteiger charge is -2.29. The minimum atomic E-state index is 0.508. The van der Waals surface area contributed by atoms with Crippen molar-refractivity contribution in [2.45, 2.75) is 13.3 Å². The summed E-state index contributed by atoms with van der Waals surface area (Å²) in [5.74, 6) is 0.508. The minimum Gasteiger partial charge on any atom is -0.456 e. The van der Waals surface area contributed by atoms with Crippen molar-refractivity contribution < 1.29 is 4.42 Å². The summed E-state index contributed by atoms with van der Waals surface area (Å²) >= 11 is 0. The molecule has 1 atom stereocenters. The summed E-state index contributed by atoms with van der Waals surface area (Å²) in [6, 6.07) is 61.4. The topological polar surface area (TPSA) is 16.4 Å². The van der Waals surface area contributed by atoms with Crippen LogP contribution in [0.4, 0.5) is 17.1 Å². The number of hydrogen-bond donors (Lipinski definition) is 0. The molecular weight excluding hydrogens is 643 g/mol. The molecule has 2 heteroatoms. The third-order valence-electron chi connectivity index (χ3n) is 10.8. The van der Waals surface area contributed by atoms with Crippen LogP contribution in [0.5, 0.6) is 0 Å². The van der Waals surface area contributed by atoms with Gasteiger partial charge in [-0.25, -0.2) is 0 Å². The maximum atomic E-state index is 6.26. The number of benzene rings is 8. The molecule has 0 spiro atoms. The highest BCUT2D eigenvalue weighted by Crippen LogP contribution is 2.46. The van der Waals surface area contributed by atoms with Gasteiger partial charge in [-0.2, -0.15) is 0 Å². The standard InChI is InChI=1S/C51H37NO/c1-34-13-8-18-38(33-34)42-22-9-16-37-17-10-24-44(50(37)42)43-20-4-6-25-47(43)52(46-26-11-15-35-14-2-3-19-40(35)46)39-31-29-36(30-32-39)41-23-12-28-49-51(41)45-21-5-7-27-48(45)53-49/h2-12,14-34H,13H2,1H3. The normalized spacial score (nSPS) is 14.3. The number of nitrogens with zero attached hydrogens (tertiary/aromatic N) is 1. The van der Waals surface area contributed by atoms with Crippen molar-refractivity contribution in [1.82, 2.24) is 0 Å². The molecule has 10 rings (SSSR count). The Morgan fingerprint density at radius 3 is 1.98 bits per heavy atom. The van der Waals surface area contributed by atoms with Crippen LogP contribution < -0.4 is 4.90 Å². The second kappa shape index (κ2) is 12.8. The Morgan fingerprint density at radius 1 is 0.491 bits per heavy atom. The first-order valence-electron chi connectivity index (χ1n) is 18.5. The van der Waals surface area contributed by atoms with E-state index in [1.807, 2.05) is 12.1 Å². The number of allylic oxidation sites excluding steroid dienone is 4. The lowest BCUT2D eigenvalue weighted by atomic mass is 9.87. The minimum absolute atomic E-state index is 0.508. The van der Waals surface area contributed by atoms with E-state index in [1.165, 1.54) is 49.4 Å². The molecule has 0 saturated carbocycles. The molecule has 0 bridgehead atoms. The molecule has 0 fully saturated rings. The molecule has 1 aliphatic carbocycles. The molecular formula is C51H37NO. The summed E-state index contributed by atoms with van der Waals surface area (Å²) in [4.78, 5) is 2.44. The number of furan rings is 1. The van der Waals surface area contributed by atoms with Gasteiger partial charge in [-0.15, -0.1) is 0 Å². The molecule has 0 saturated heterocycles. The van der Waals surface area contributed by atoms with Crippen molar-refractivity contribution in [2.75, 3.05) is 4.90 Å². The summed E-state index contributed by atoms with van der Waals surface area (Å²) in [5.41, 5.74) is 12.5. The van der Waals surface area contributed by atoms with Crippen molar-refractivity contribution >= 4 is 66.1 Å². The fraction of sp³-hybridized carbons (Fsp3) is 0.0588. The molecule has 0 aliphatic heterocycles. The summed E-state index contributed by atoms with van der Waals surface area (Å²) in [6.45, 7) is 2.30. The van der Waals surface area contributed by atoms with Gasteiger partial charge in [0.2, 0.25) is 0 Å². The Morgan fingerprint density at radius 2 is 1.11 bits per heavy atom. The zero-order chi connectivity index (χ0) is 35.3. The van der Waals surface area contributed by atoms with Gasteiger partial charge in [-0.3, -0.25) is 0 Å². The molecule has 252 valence electrons. The Bertz CT molecular complexity index is 2880. The second-order valence-electron chi connectivity index (χ2n) is 14.1. The smallest absolute Gasteiger partial charge is 0.136 e. The highest BCUT2D eigenvalue weighted by Gasteiger charge is 2.22. The zero-order valence-corrected chi connectivity index (χ0v) is 29.5. The van der Waals surface area contributed by atoms with E-state index in [-0.39, 0.29) is 0 Å². The lowest BCUT2D eigenvalue weighted by molar-refractivity contribution is 0.669. The van der Waals surface area contributed by atoms with E-state index in [1.54, 1.807) is 0 Å². The monoisotopic (exact) mass is 679 g/mol. The van der Waals surface area contributed by atoms with Gasteiger partial charge in [0.1, 0.15) is 11.2 Å². The van der Waals surface area contributed by atoms with Crippen LogP contribution in [0.2, 0.25) is 0 Å². The SMILES string of the molecule is CC1C=C(c2cccc3cccc(-c4ccccc4N(c4ccc(-c5cccc6oc7ccccc7c56)cc4)c4cccc5ccccc45)c23)C=CC1. The predicted octanol–water partition coefficient (Wildman–Crippen LogP) is 14.7. The van der Waals surface area contributed by atoms with Gasteiger partial charge >= 0.3 is 0 Å². The Labute approximate surface area is 309 Å². The van der Waals surface area contributed by atoms with E-state index < -0.39 is 0 Å². The zero-order valence-electron chi connectivity index (χ0n) is 29.5. The third kappa shape index (κ3) is 5.34. The molecule has 1 heterocycles. The van der Waals surface area contributed by atoms with E-state index in [4.69, 9.17) is 4.42 Å². The van der Waals surface area contributed by atoms with Crippen molar-refractivity contribution in [3.05, 3.63) is 194 Å². The average Bonchev–Trinajstić information content (AvgIpc) is 3.60. The first-order valence-corrected chi connectivity index (χ1v) is 18.5. The molecule has 8 aromatic carbocycles. The molecule has 1 unspecified atom stereocenters. The van der Waals surface area contributed by atoms with Crippen LogP contribution in [0.3, 0.4) is 0 Å². The predicted molar refractivity (Wildman–Crippen MR) is 225 cm³/mol. The Kier molecular flexibility index (Phi) is 7.54. The third-order valence-corrected chi connectivity index (χ3v) is 10.8. The van der Waals surface area contributed by atoms with Crippen LogP contribution in [0.1, 0.15) is 18.9 Å². The number of rotatable bonds is 6. The van der Waals surface area contributed by atoms with Crippen molar-refractivity contribution in [2.24, 2.45) is 5.92 Å². The molecule has 0 N–H and O–H groups in total. The Hall–Kier alpha value is -6.64. The summed E-state index contributed by atoms with van der Waals surface area (Å²) in [6.07, 6.45) is 8.12. The largest absolute Gasteiger partial charge is 0.456 e. The number of fused-ring (bicyclic) bond motifs is 5. The van der Waals surface area contributed by atoms with Crippen LogP contribution in [-0.2, 0) is 0 Å². The van der Waals surface area contributed by atoms with Crippen LogP contribution in [0.15, 0.2) is 193 Å². The fourth-order valence-corrected chi connectivity index (χ4v) is 8.34. The molecule has 53 heavy (non-hydrogen) atoms. The van der Waals surface area contributed by atoms with Gasteiger partial charge in [-0.1, -0.05) is 159 Å². The van der Waals surface area contributed by atoms with Gasteiger partial charge in [0.05, 0.1) is 11.4 Å². The maximum Gasteiger partial charge on any atom is 0.136 e. The van der Waals surface area contributed by atoms with Crippen molar-refractivity contribution in [3.8, 4) is 22.3 Å². The van der Waals surface area contributed by atoms with Gasteiger partial charge in [0.25, 0.3) is 0 Å². The molecule has 0 amide bonds. The highest BCUT2D eigenvalue weighted by atomic mass is 16.3. The molecule has 1 aliphatic rings. The van der Waals surface area contributed by atoms with Crippen LogP contribution in [0.25, 0.3) is 71.3 Å². The van der Waals surface area contributed by atoms with Crippen LogP contribution in [-0.4, -0.2) is 0 Å². The van der Waals surface area contributed by atoms with E-state index in [0.29, 0.717) is 5.92 Å². The summed E-state index contributed by atoms with van der Waals surface area (Å²) in [7, 11) is 0. The van der Waals surface area contributed by atoms with E-state index in [0.717, 1.165) is 51.0 Å². The first-order chi connectivity index (χ1) is 26.2. The fourth-order valence-electron chi connectivity index (χ4n) is 8.34. The van der Waals surface area contributed by atoms with E-state index >= 15 is 0 Å². The molecule has 1 aromatic heterocycles. The summed E-state index contributed by atoms with van der Waals surface area (Å²) < 4.78 is 6.26. The average molecular weight is 680 g/mol. The number of hydrogen-bond acceptors (Lipinski definition) is 2. The molecule has 0 radical (unpaired) electrons. The maximum absolute atomic E-state index is 6.26. The van der Waals surface area contributed by atoms with Gasteiger partial charge in [-0.05, 0) is 92.7 Å². The molecule has 2 nitrogen and oxygen atoms in total. The van der Waals surface area contributed by atoms with Gasteiger partial charge in [0.15, 0.2) is 0 Å². The number of para-hydroxylation sites is 2. The number of anilines is 3. The Balaban J connectivity index is 1.19. The lowest BCUT2D eigenvalue weighted by Crippen LogP contribution is -2.12. The van der Waals surface area contributed by atoms with Crippen molar-refractivity contribution in [1.29, 1.82) is 0 Å². The van der Waals surface area contributed by atoms with Gasteiger partial charge in [0, 0.05) is 27.4 Å². The van der Waals surface area contributed by atoms with E-state index in [9.17, 15) is 0 Å². The van der Waals surface area contributed by atoms with Crippen LogP contribution in [0, 0.1) is 5.92 Å². The van der Waals surface area contributed by atoms with Crippen LogP contribution >= 0.6 is 0 Å². The van der Waals surface area contributed by atoms with Crippen molar-refractivity contribution in [3.63, 3.8) is 0 Å². The quantitative estimate of drug-likeness (QED) is 0.174. The first kappa shape index (κ1) is 31.1.